The van der Waals surface area contributed by atoms with Gasteiger partial charge < -0.3 is 9.47 Å². The Balaban J connectivity index is 1.35. The maximum Gasteiger partial charge on any atom is 0.159 e. The van der Waals surface area contributed by atoms with Gasteiger partial charge in [-0.1, -0.05) is 73.5 Å². The monoisotopic (exact) mass is 480 g/mol. The number of fused-ring (bicyclic) bond motifs is 1. The second-order valence-electron chi connectivity index (χ2n) is 10.1. The minimum absolute atomic E-state index is 0.125. The zero-order chi connectivity index (χ0) is 24.6. The topological polar surface area (TPSA) is 35.5 Å². The van der Waals surface area contributed by atoms with Gasteiger partial charge in [0.15, 0.2) is 5.78 Å². The molecule has 1 heterocycles. The van der Waals surface area contributed by atoms with Crippen LogP contribution in [-0.2, 0) is 22.4 Å². The molecule has 1 saturated heterocycles. The van der Waals surface area contributed by atoms with Gasteiger partial charge in [-0.05, 0) is 78.8 Å². The summed E-state index contributed by atoms with van der Waals surface area (Å²) in [5.74, 6) is 2.24. The van der Waals surface area contributed by atoms with Crippen LogP contribution in [0.5, 0.6) is 5.75 Å². The molecule has 0 spiro atoms. The molecule has 5 rings (SSSR count). The minimum Gasteiger partial charge on any atom is -0.457 e. The molecule has 0 saturated carbocycles. The van der Waals surface area contributed by atoms with Crippen LogP contribution in [0, 0.1) is 5.92 Å². The third kappa shape index (κ3) is 6.53. The predicted octanol–water partition coefficient (Wildman–Crippen LogP) is 7.82. The Morgan fingerprint density at radius 1 is 0.778 bits per heavy atom. The summed E-state index contributed by atoms with van der Waals surface area (Å²) in [6.07, 6.45) is 11.2. The molecule has 2 aliphatic rings. The molecule has 3 aromatic rings. The van der Waals surface area contributed by atoms with Crippen LogP contribution in [0.4, 0.5) is 0 Å². The number of ether oxygens (including phenoxy) is 2. The molecule has 0 bridgehead atoms. The van der Waals surface area contributed by atoms with E-state index in [9.17, 15) is 4.79 Å². The number of benzene rings is 3. The van der Waals surface area contributed by atoms with E-state index < -0.39 is 0 Å². The zero-order valence-electron chi connectivity index (χ0n) is 21.1. The first-order valence-electron chi connectivity index (χ1n) is 13.5. The zero-order valence-corrected chi connectivity index (χ0v) is 21.1. The number of hydrogen-bond acceptors (Lipinski definition) is 3. The highest BCUT2D eigenvalue weighted by Gasteiger charge is 2.16. The highest BCUT2D eigenvalue weighted by atomic mass is 16.5. The van der Waals surface area contributed by atoms with Crippen molar-refractivity contribution in [1.82, 2.24) is 0 Å². The molecule has 3 aromatic carbocycles. The van der Waals surface area contributed by atoms with Gasteiger partial charge in [0, 0.05) is 31.3 Å². The molecule has 0 radical (unpaired) electrons. The molecule has 36 heavy (non-hydrogen) atoms. The molecule has 1 fully saturated rings. The molecule has 1 aliphatic carbocycles. The Labute approximate surface area is 215 Å². The van der Waals surface area contributed by atoms with Gasteiger partial charge in [0.25, 0.3) is 0 Å². The SMILES string of the molecule is O=C1C=C(Oc2cccc(-c3cccc(CC4CCCCOCCC4)c3)c2)c2ccccc2CCC1. The summed E-state index contributed by atoms with van der Waals surface area (Å²) < 4.78 is 12.1. The second-order valence-corrected chi connectivity index (χ2v) is 10.1. The van der Waals surface area contributed by atoms with Gasteiger partial charge in [-0.2, -0.15) is 0 Å². The number of ketones is 1. The van der Waals surface area contributed by atoms with Crippen molar-refractivity contribution < 1.29 is 14.3 Å². The van der Waals surface area contributed by atoms with Gasteiger partial charge in [0.1, 0.15) is 11.5 Å². The summed E-state index contributed by atoms with van der Waals surface area (Å²) >= 11 is 0. The standard InChI is InChI=1S/C33H36O3/c34-30-16-6-13-27-12-1-2-18-32(27)33(24-30)36-31-17-7-15-29(23-31)28-14-5-10-26(22-28)21-25-9-3-4-19-35-20-8-11-25/h1-2,5,7,10,12,14-15,17-18,22-25H,3-4,6,8-9,11,13,16,19-21H2. The predicted molar refractivity (Wildman–Crippen MR) is 146 cm³/mol. The summed E-state index contributed by atoms with van der Waals surface area (Å²) in [6, 6.07) is 25.4. The first kappa shape index (κ1) is 24.5. The van der Waals surface area contributed by atoms with Crippen LogP contribution < -0.4 is 4.74 Å². The van der Waals surface area contributed by atoms with E-state index in [-0.39, 0.29) is 5.78 Å². The lowest BCUT2D eigenvalue weighted by Gasteiger charge is -2.17. The lowest BCUT2D eigenvalue weighted by Crippen LogP contribution is -2.07. The molecule has 0 amide bonds. The van der Waals surface area contributed by atoms with E-state index in [4.69, 9.17) is 9.47 Å². The minimum atomic E-state index is 0.125. The van der Waals surface area contributed by atoms with Crippen LogP contribution in [0.3, 0.4) is 0 Å². The Morgan fingerprint density at radius 2 is 1.58 bits per heavy atom. The van der Waals surface area contributed by atoms with Crippen molar-refractivity contribution in [3.05, 3.63) is 95.6 Å². The van der Waals surface area contributed by atoms with Crippen LogP contribution in [0.15, 0.2) is 78.9 Å². The number of rotatable bonds is 5. The van der Waals surface area contributed by atoms with Crippen molar-refractivity contribution in [2.45, 2.75) is 57.8 Å². The summed E-state index contributed by atoms with van der Waals surface area (Å²) in [7, 11) is 0. The second kappa shape index (κ2) is 12.2. The smallest absolute Gasteiger partial charge is 0.159 e. The van der Waals surface area contributed by atoms with Gasteiger partial charge >= 0.3 is 0 Å². The molecule has 3 heteroatoms. The fraction of sp³-hybridized carbons (Fsp3) is 0.364. The maximum atomic E-state index is 12.4. The van der Waals surface area contributed by atoms with E-state index in [1.807, 2.05) is 18.2 Å². The van der Waals surface area contributed by atoms with Gasteiger partial charge in [-0.15, -0.1) is 0 Å². The summed E-state index contributed by atoms with van der Waals surface area (Å²) in [5.41, 5.74) is 5.97. The maximum absolute atomic E-state index is 12.4. The highest BCUT2D eigenvalue weighted by Crippen LogP contribution is 2.31. The normalized spacial score (nSPS) is 19.1. The van der Waals surface area contributed by atoms with Crippen LogP contribution in [-0.4, -0.2) is 19.0 Å². The number of aryl methyl sites for hydroxylation is 1. The van der Waals surface area contributed by atoms with Crippen molar-refractivity contribution in [2.24, 2.45) is 5.92 Å². The fourth-order valence-electron chi connectivity index (χ4n) is 5.45. The third-order valence-electron chi connectivity index (χ3n) is 7.34. The quantitative estimate of drug-likeness (QED) is 0.373. The lowest BCUT2D eigenvalue weighted by molar-refractivity contribution is -0.114. The van der Waals surface area contributed by atoms with Crippen LogP contribution >= 0.6 is 0 Å². The van der Waals surface area contributed by atoms with Crippen molar-refractivity contribution in [3.8, 4) is 16.9 Å². The Morgan fingerprint density at radius 3 is 2.53 bits per heavy atom. The van der Waals surface area contributed by atoms with Crippen molar-refractivity contribution in [3.63, 3.8) is 0 Å². The van der Waals surface area contributed by atoms with Crippen molar-refractivity contribution >= 4 is 11.5 Å². The van der Waals surface area contributed by atoms with Crippen LogP contribution in [0.1, 0.15) is 61.6 Å². The molecule has 3 nitrogen and oxygen atoms in total. The summed E-state index contributed by atoms with van der Waals surface area (Å²) in [5, 5.41) is 0. The molecule has 1 aliphatic heterocycles. The Bertz CT molecular complexity index is 1200. The van der Waals surface area contributed by atoms with Gasteiger partial charge in [-0.25, -0.2) is 0 Å². The number of allylic oxidation sites excluding steroid dienone is 1. The first-order valence-corrected chi connectivity index (χ1v) is 13.5. The summed E-state index contributed by atoms with van der Waals surface area (Å²) in [6.45, 7) is 1.81. The van der Waals surface area contributed by atoms with E-state index in [2.05, 4.69) is 54.6 Å². The van der Waals surface area contributed by atoms with E-state index in [0.29, 0.717) is 12.2 Å². The highest BCUT2D eigenvalue weighted by molar-refractivity contribution is 5.96. The Kier molecular flexibility index (Phi) is 8.30. The molecule has 0 N–H and O–H groups in total. The molecule has 0 aromatic heterocycles. The van der Waals surface area contributed by atoms with Crippen LogP contribution in [0.25, 0.3) is 16.9 Å². The summed E-state index contributed by atoms with van der Waals surface area (Å²) in [4.78, 5) is 12.4. The van der Waals surface area contributed by atoms with Crippen molar-refractivity contribution in [1.29, 1.82) is 0 Å². The van der Waals surface area contributed by atoms with E-state index >= 15 is 0 Å². The number of carbonyl (C=O) groups is 1. The average molecular weight is 481 g/mol. The Hall–Kier alpha value is -3.17. The molecular formula is C33H36O3. The molecule has 186 valence electrons. The number of carbonyl (C=O) groups excluding carboxylic acids is 1. The average Bonchev–Trinajstić information content (AvgIpc) is 3.02. The van der Waals surface area contributed by atoms with E-state index in [0.717, 1.165) is 61.7 Å². The van der Waals surface area contributed by atoms with Crippen molar-refractivity contribution in [2.75, 3.05) is 13.2 Å². The van der Waals surface area contributed by atoms with Gasteiger partial charge in [0.2, 0.25) is 0 Å². The molecule has 1 atom stereocenters. The molecular weight excluding hydrogens is 444 g/mol. The number of hydrogen-bond donors (Lipinski definition) is 0. The third-order valence-corrected chi connectivity index (χ3v) is 7.34. The van der Waals surface area contributed by atoms with Gasteiger partial charge in [0.05, 0.1) is 0 Å². The van der Waals surface area contributed by atoms with E-state index in [1.54, 1.807) is 6.08 Å². The molecule has 1 unspecified atom stereocenters. The van der Waals surface area contributed by atoms with Gasteiger partial charge in [-0.3, -0.25) is 4.79 Å². The fourth-order valence-corrected chi connectivity index (χ4v) is 5.45. The van der Waals surface area contributed by atoms with E-state index in [1.165, 1.54) is 42.4 Å². The first-order chi connectivity index (χ1) is 17.7. The largest absolute Gasteiger partial charge is 0.457 e. The lowest BCUT2D eigenvalue weighted by atomic mass is 9.89. The van der Waals surface area contributed by atoms with Crippen LogP contribution in [0.2, 0.25) is 0 Å².